The van der Waals surface area contributed by atoms with E-state index < -0.39 is 0 Å². The number of nitrogens with zero attached hydrogens (tertiary/aromatic N) is 5. The lowest BCUT2D eigenvalue weighted by atomic mass is 9.96. The molecule has 0 unspecified atom stereocenters. The Balaban J connectivity index is 1.59. The summed E-state index contributed by atoms with van der Waals surface area (Å²) in [5, 5.41) is 0. The molecule has 0 aromatic carbocycles. The highest BCUT2D eigenvalue weighted by molar-refractivity contribution is 5.92. The van der Waals surface area contributed by atoms with Crippen molar-refractivity contribution in [3.8, 4) is 0 Å². The molecule has 0 radical (unpaired) electrons. The molecule has 24 heavy (non-hydrogen) atoms. The third-order valence-corrected chi connectivity index (χ3v) is 4.43. The highest BCUT2D eigenvalue weighted by atomic mass is 16.2. The van der Waals surface area contributed by atoms with E-state index in [9.17, 15) is 9.59 Å². The molecule has 1 fully saturated rings. The summed E-state index contributed by atoms with van der Waals surface area (Å²) in [6.45, 7) is 5.62. The Kier molecular flexibility index (Phi) is 4.69. The normalized spacial score (nSPS) is 15.5. The van der Waals surface area contributed by atoms with Crippen LogP contribution in [0.2, 0.25) is 0 Å². The van der Waals surface area contributed by atoms with Crippen molar-refractivity contribution in [2.75, 3.05) is 13.1 Å². The maximum absolute atomic E-state index is 12.4. The van der Waals surface area contributed by atoms with E-state index >= 15 is 0 Å². The number of hydrogen-bond acceptors (Lipinski definition) is 5. The molecule has 7 nitrogen and oxygen atoms in total. The maximum atomic E-state index is 12.4. The zero-order chi connectivity index (χ0) is 17.1. The van der Waals surface area contributed by atoms with Crippen LogP contribution in [0, 0.1) is 19.8 Å². The first-order valence-electron chi connectivity index (χ1n) is 8.13. The van der Waals surface area contributed by atoms with Crippen LogP contribution in [0.25, 0.3) is 0 Å². The van der Waals surface area contributed by atoms with Gasteiger partial charge in [0.15, 0.2) is 0 Å². The standard InChI is InChI=1S/C17H21N5O2/c1-12-7-18-11-22(16(12)23)10-14-3-5-21(6-4-14)17(24)15-9-19-13(2)8-20-15/h7-9,11,14H,3-6,10H2,1-2H3. The minimum absolute atomic E-state index is 0.0124. The third-order valence-electron chi connectivity index (χ3n) is 4.43. The van der Waals surface area contributed by atoms with Crippen LogP contribution in [-0.4, -0.2) is 43.4 Å². The van der Waals surface area contributed by atoms with Crippen molar-refractivity contribution in [1.29, 1.82) is 0 Å². The van der Waals surface area contributed by atoms with E-state index in [-0.39, 0.29) is 11.5 Å². The Bertz CT molecular complexity index is 776. The summed E-state index contributed by atoms with van der Waals surface area (Å²) in [6, 6.07) is 0. The highest BCUT2D eigenvalue weighted by Gasteiger charge is 2.25. The summed E-state index contributed by atoms with van der Waals surface area (Å²) in [6.07, 6.45) is 8.05. The van der Waals surface area contributed by atoms with Gasteiger partial charge in [0.25, 0.3) is 11.5 Å². The lowest BCUT2D eigenvalue weighted by molar-refractivity contribution is 0.0676. The van der Waals surface area contributed by atoms with E-state index in [1.165, 1.54) is 6.20 Å². The minimum atomic E-state index is -0.0738. The molecule has 0 saturated carbocycles. The molecule has 1 aliphatic heterocycles. The number of hydrogen-bond donors (Lipinski definition) is 0. The Hall–Kier alpha value is -2.57. The Morgan fingerprint density at radius 3 is 2.58 bits per heavy atom. The first kappa shape index (κ1) is 16.3. The number of carbonyl (C=O) groups excluding carboxylic acids is 1. The molecular formula is C17H21N5O2. The van der Waals surface area contributed by atoms with Gasteiger partial charge in [0.2, 0.25) is 0 Å². The van der Waals surface area contributed by atoms with Gasteiger partial charge >= 0.3 is 0 Å². The molecule has 1 amide bonds. The first-order chi connectivity index (χ1) is 11.5. The van der Waals surface area contributed by atoms with Crippen molar-refractivity contribution in [1.82, 2.24) is 24.4 Å². The van der Waals surface area contributed by atoms with Gasteiger partial charge < -0.3 is 4.90 Å². The molecule has 0 spiro atoms. The molecule has 1 saturated heterocycles. The Labute approximate surface area is 140 Å². The number of rotatable bonds is 3. The van der Waals surface area contributed by atoms with Gasteiger partial charge in [-0.1, -0.05) is 0 Å². The van der Waals surface area contributed by atoms with Crippen molar-refractivity contribution in [3.63, 3.8) is 0 Å². The molecule has 0 aliphatic carbocycles. The molecule has 126 valence electrons. The van der Waals surface area contributed by atoms with E-state index in [0.717, 1.165) is 18.5 Å². The van der Waals surface area contributed by atoms with Gasteiger partial charge in [0.1, 0.15) is 5.69 Å². The van der Waals surface area contributed by atoms with Crippen LogP contribution >= 0.6 is 0 Å². The number of amides is 1. The monoisotopic (exact) mass is 327 g/mol. The molecule has 0 N–H and O–H groups in total. The van der Waals surface area contributed by atoms with E-state index in [1.54, 1.807) is 30.2 Å². The second-order valence-electron chi connectivity index (χ2n) is 6.31. The molecule has 2 aromatic rings. The largest absolute Gasteiger partial charge is 0.337 e. The van der Waals surface area contributed by atoms with Crippen molar-refractivity contribution >= 4 is 5.91 Å². The summed E-state index contributed by atoms with van der Waals surface area (Å²) >= 11 is 0. The van der Waals surface area contributed by atoms with E-state index in [1.807, 2.05) is 11.8 Å². The average molecular weight is 327 g/mol. The van der Waals surface area contributed by atoms with Gasteiger partial charge in [-0.3, -0.25) is 19.1 Å². The smallest absolute Gasteiger partial charge is 0.274 e. The second kappa shape index (κ2) is 6.90. The quantitative estimate of drug-likeness (QED) is 0.846. The van der Waals surface area contributed by atoms with Gasteiger partial charge in [0, 0.05) is 37.6 Å². The topological polar surface area (TPSA) is 81.0 Å². The van der Waals surface area contributed by atoms with Crippen LogP contribution in [0.1, 0.15) is 34.6 Å². The molecule has 3 heterocycles. The zero-order valence-electron chi connectivity index (χ0n) is 14.0. The maximum Gasteiger partial charge on any atom is 0.274 e. The lowest BCUT2D eigenvalue weighted by Gasteiger charge is -2.32. The van der Waals surface area contributed by atoms with Crippen LogP contribution in [0.4, 0.5) is 0 Å². The molecule has 7 heteroatoms. The Morgan fingerprint density at radius 2 is 1.92 bits per heavy atom. The van der Waals surface area contributed by atoms with Gasteiger partial charge in [-0.15, -0.1) is 0 Å². The van der Waals surface area contributed by atoms with E-state index in [4.69, 9.17) is 0 Å². The molecular weight excluding hydrogens is 306 g/mol. The first-order valence-corrected chi connectivity index (χ1v) is 8.13. The van der Waals surface area contributed by atoms with Crippen molar-refractivity contribution in [2.24, 2.45) is 5.92 Å². The molecule has 0 bridgehead atoms. The van der Waals surface area contributed by atoms with Gasteiger partial charge in [-0.05, 0) is 32.6 Å². The van der Waals surface area contributed by atoms with Crippen molar-refractivity contribution < 1.29 is 4.79 Å². The second-order valence-corrected chi connectivity index (χ2v) is 6.31. The van der Waals surface area contributed by atoms with Crippen LogP contribution < -0.4 is 5.56 Å². The fourth-order valence-corrected chi connectivity index (χ4v) is 2.95. The summed E-state index contributed by atoms with van der Waals surface area (Å²) in [5.41, 5.74) is 1.85. The summed E-state index contributed by atoms with van der Waals surface area (Å²) in [4.78, 5) is 38.7. The average Bonchev–Trinajstić information content (AvgIpc) is 2.60. The summed E-state index contributed by atoms with van der Waals surface area (Å²) in [7, 11) is 0. The number of likely N-dealkylation sites (tertiary alicyclic amines) is 1. The van der Waals surface area contributed by atoms with E-state index in [0.29, 0.717) is 36.8 Å². The number of aryl methyl sites for hydroxylation is 2. The highest BCUT2D eigenvalue weighted by Crippen LogP contribution is 2.19. The zero-order valence-corrected chi connectivity index (χ0v) is 14.0. The lowest BCUT2D eigenvalue weighted by Crippen LogP contribution is -2.40. The number of carbonyl (C=O) groups is 1. The fraction of sp³-hybridized carbons (Fsp3) is 0.471. The number of aromatic nitrogens is 4. The van der Waals surface area contributed by atoms with Crippen molar-refractivity contribution in [3.05, 3.63) is 52.2 Å². The Morgan fingerprint density at radius 1 is 1.17 bits per heavy atom. The molecule has 3 rings (SSSR count). The van der Waals surface area contributed by atoms with E-state index in [2.05, 4.69) is 15.0 Å². The van der Waals surface area contributed by atoms with Gasteiger partial charge in [0.05, 0.1) is 18.2 Å². The predicted molar refractivity (Wildman–Crippen MR) is 88.6 cm³/mol. The fourth-order valence-electron chi connectivity index (χ4n) is 2.95. The molecule has 0 atom stereocenters. The SMILES string of the molecule is Cc1cnc(C(=O)N2CCC(Cn3cncc(C)c3=O)CC2)cn1. The number of piperidine rings is 1. The predicted octanol–water partition coefficient (Wildman–Crippen LogP) is 1.20. The summed E-state index contributed by atoms with van der Waals surface area (Å²) in [5.74, 6) is 0.301. The van der Waals surface area contributed by atoms with Gasteiger partial charge in [-0.25, -0.2) is 9.97 Å². The van der Waals surface area contributed by atoms with Crippen LogP contribution in [-0.2, 0) is 6.54 Å². The van der Waals surface area contributed by atoms with Crippen LogP contribution in [0.15, 0.2) is 29.7 Å². The van der Waals surface area contributed by atoms with Crippen molar-refractivity contribution in [2.45, 2.75) is 33.2 Å². The summed E-state index contributed by atoms with van der Waals surface area (Å²) < 4.78 is 1.67. The van der Waals surface area contributed by atoms with Crippen LogP contribution in [0.5, 0.6) is 0 Å². The third kappa shape index (κ3) is 3.50. The molecule has 2 aromatic heterocycles. The minimum Gasteiger partial charge on any atom is -0.337 e. The molecule has 1 aliphatic rings. The van der Waals surface area contributed by atoms with Crippen LogP contribution in [0.3, 0.4) is 0 Å². The van der Waals surface area contributed by atoms with Gasteiger partial charge in [-0.2, -0.15) is 0 Å².